The summed E-state index contributed by atoms with van der Waals surface area (Å²) in [5, 5.41) is 3.37. The molecule has 3 nitrogen and oxygen atoms in total. The second-order valence-corrected chi connectivity index (χ2v) is 6.19. The number of thioether (sulfide) groups is 1. The van der Waals surface area contributed by atoms with Gasteiger partial charge in [-0.15, -0.1) is 11.8 Å². The van der Waals surface area contributed by atoms with Crippen molar-refractivity contribution in [3.8, 4) is 0 Å². The summed E-state index contributed by atoms with van der Waals surface area (Å²) in [4.78, 5) is 12.8. The third-order valence-corrected chi connectivity index (χ3v) is 4.27. The van der Waals surface area contributed by atoms with Gasteiger partial charge < -0.3 is 11.1 Å². The van der Waals surface area contributed by atoms with Gasteiger partial charge in [0.1, 0.15) is 0 Å². The molecule has 1 fully saturated rings. The molecule has 0 aromatic heterocycles. The van der Waals surface area contributed by atoms with Crippen LogP contribution in [-0.4, -0.2) is 23.2 Å². The lowest BCUT2D eigenvalue weighted by molar-refractivity contribution is -0.124. The number of hydrogen-bond donors (Lipinski definition) is 2. The second-order valence-electron chi connectivity index (χ2n) is 5.03. The number of nitrogens with two attached hydrogens (primary N) is 1. The van der Waals surface area contributed by atoms with Gasteiger partial charge in [0.15, 0.2) is 0 Å². The van der Waals surface area contributed by atoms with E-state index in [0.29, 0.717) is 6.04 Å². The average molecular weight is 264 g/mol. The molecule has 1 aromatic carbocycles. The molecule has 1 aliphatic rings. The number of benzene rings is 1. The van der Waals surface area contributed by atoms with Crippen molar-refractivity contribution in [2.75, 3.05) is 5.75 Å². The van der Waals surface area contributed by atoms with Crippen molar-refractivity contribution in [3.05, 3.63) is 30.3 Å². The smallest absolute Gasteiger partial charge is 0.237 e. The van der Waals surface area contributed by atoms with E-state index in [1.165, 1.54) is 4.90 Å². The normalized spacial score (nSPS) is 18.3. The lowest BCUT2D eigenvalue weighted by atomic mass is 9.98. The highest BCUT2D eigenvalue weighted by Gasteiger charge is 2.36. The van der Waals surface area contributed by atoms with Gasteiger partial charge in [-0.05, 0) is 38.3 Å². The van der Waals surface area contributed by atoms with E-state index < -0.39 is 5.54 Å². The summed E-state index contributed by atoms with van der Waals surface area (Å²) in [7, 11) is 0. The molecule has 1 aliphatic carbocycles. The van der Waals surface area contributed by atoms with E-state index in [-0.39, 0.29) is 5.91 Å². The maximum Gasteiger partial charge on any atom is 0.237 e. The van der Waals surface area contributed by atoms with Crippen LogP contribution in [0.5, 0.6) is 0 Å². The number of primary amides is 1. The molecule has 1 aromatic rings. The van der Waals surface area contributed by atoms with E-state index in [9.17, 15) is 4.79 Å². The fourth-order valence-corrected chi connectivity index (χ4v) is 2.93. The van der Waals surface area contributed by atoms with E-state index in [1.54, 1.807) is 11.8 Å². The first-order valence-electron chi connectivity index (χ1n) is 6.36. The van der Waals surface area contributed by atoms with E-state index in [1.807, 2.05) is 25.1 Å². The Kier molecular flexibility index (Phi) is 4.30. The van der Waals surface area contributed by atoms with E-state index in [4.69, 9.17) is 5.73 Å². The minimum absolute atomic E-state index is 0.247. The SMILES string of the molecule is CC(CCSc1ccccc1)(NC1CC1)C(N)=O. The van der Waals surface area contributed by atoms with Gasteiger partial charge in [-0.1, -0.05) is 18.2 Å². The van der Waals surface area contributed by atoms with Crippen LogP contribution in [0.25, 0.3) is 0 Å². The molecule has 0 radical (unpaired) electrons. The average Bonchev–Trinajstić information content (AvgIpc) is 3.14. The van der Waals surface area contributed by atoms with Crippen LogP contribution in [0.2, 0.25) is 0 Å². The first-order valence-corrected chi connectivity index (χ1v) is 7.34. The molecule has 0 aliphatic heterocycles. The molecule has 0 saturated heterocycles. The molecule has 1 atom stereocenters. The molecule has 18 heavy (non-hydrogen) atoms. The number of carbonyl (C=O) groups is 1. The molecule has 4 heteroatoms. The van der Waals surface area contributed by atoms with Crippen molar-refractivity contribution >= 4 is 17.7 Å². The topological polar surface area (TPSA) is 55.1 Å². The quantitative estimate of drug-likeness (QED) is 0.742. The van der Waals surface area contributed by atoms with Crippen molar-refractivity contribution < 1.29 is 4.79 Å². The van der Waals surface area contributed by atoms with Crippen LogP contribution in [0, 0.1) is 0 Å². The first-order chi connectivity index (χ1) is 8.60. The van der Waals surface area contributed by atoms with Gasteiger partial charge in [0.05, 0.1) is 5.54 Å². The number of nitrogens with one attached hydrogen (secondary N) is 1. The van der Waals surface area contributed by atoms with Crippen molar-refractivity contribution in [1.29, 1.82) is 0 Å². The Balaban J connectivity index is 1.84. The summed E-state index contributed by atoms with van der Waals surface area (Å²) in [6, 6.07) is 10.7. The lowest BCUT2D eigenvalue weighted by Crippen LogP contribution is -2.54. The standard InChI is InChI=1S/C14H20N2OS/c1-14(13(15)17,16-11-7-8-11)9-10-18-12-5-3-2-4-6-12/h2-6,11,16H,7-10H2,1H3,(H2,15,17). The summed E-state index contributed by atoms with van der Waals surface area (Å²) in [5.74, 6) is 0.645. The largest absolute Gasteiger partial charge is 0.368 e. The van der Waals surface area contributed by atoms with Gasteiger partial charge in [-0.25, -0.2) is 0 Å². The zero-order valence-electron chi connectivity index (χ0n) is 10.7. The molecule has 0 spiro atoms. The van der Waals surface area contributed by atoms with Crippen molar-refractivity contribution in [1.82, 2.24) is 5.32 Å². The molecule has 3 N–H and O–H groups in total. The van der Waals surface area contributed by atoms with Crippen LogP contribution in [0.15, 0.2) is 35.2 Å². The van der Waals surface area contributed by atoms with Crippen molar-refractivity contribution in [2.45, 2.75) is 42.7 Å². The minimum atomic E-state index is -0.567. The Morgan fingerprint density at radius 2 is 2.11 bits per heavy atom. The molecular weight excluding hydrogens is 244 g/mol. The highest BCUT2D eigenvalue weighted by molar-refractivity contribution is 7.99. The number of hydrogen-bond acceptors (Lipinski definition) is 3. The molecule has 1 amide bonds. The zero-order valence-corrected chi connectivity index (χ0v) is 11.5. The fraction of sp³-hybridized carbons (Fsp3) is 0.500. The van der Waals surface area contributed by atoms with Gasteiger partial charge in [-0.2, -0.15) is 0 Å². The van der Waals surface area contributed by atoms with E-state index in [2.05, 4.69) is 17.4 Å². The summed E-state index contributed by atoms with van der Waals surface area (Å²) in [6.07, 6.45) is 3.09. The molecule has 98 valence electrons. The maximum atomic E-state index is 11.6. The molecule has 1 saturated carbocycles. The number of rotatable bonds is 7. The predicted octanol–water partition coefficient (Wildman–Crippen LogP) is 2.16. The highest BCUT2D eigenvalue weighted by atomic mass is 32.2. The fourth-order valence-electron chi connectivity index (χ4n) is 1.83. The van der Waals surface area contributed by atoms with Gasteiger partial charge >= 0.3 is 0 Å². The summed E-state index contributed by atoms with van der Waals surface area (Å²) in [5.41, 5.74) is 4.95. The van der Waals surface area contributed by atoms with Crippen LogP contribution in [0.1, 0.15) is 26.2 Å². The van der Waals surface area contributed by atoms with Crippen molar-refractivity contribution in [2.24, 2.45) is 5.73 Å². The molecule has 0 bridgehead atoms. The Labute approximate surface area is 113 Å². The molecular formula is C14H20N2OS. The van der Waals surface area contributed by atoms with Gasteiger partial charge in [0.25, 0.3) is 0 Å². The van der Waals surface area contributed by atoms with E-state index in [0.717, 1.165) is 25.0 Å². The molecule has 1 unspecified atom stereocenters. The molecule has 0 heterocycles. The van der Waals surface area contributed by atoms with Crippen molar-refractivity contribution in [3.63, 3.8) is 0 Å². The number of amides is 1. The summed E-state index contributed by atoms with van der Waals surface area (Å²) < 4.78 is 0. The zero-order chi connectivity index (χ0) is 13.0. The Hall–Kier alpha value is -1.00. The van der Waals surface area contributed by atoms with Crippen LogP contribution < -0.4 is 11.1 Å². The van der Waals surface area contributed by atoms with Crippen LogP contribution in [-0.2, 0) is 4.79 Å². The van der Waals surface area contributed by atoms with E-state index >= 15 is 0 Å². The first kappa shape index (κ1) is 13.4. The Bertz CT molecular complexity index is 406. The van der Waals surface area contributed by atoms with Gasteiger partial charge in [-0.3, -0.25) is 4.79 Å². The monoisotopic (exact) mass is 264 g/mol. The van der Waals surface area contributed by atoms with Crippen LogP contribution in [0.3, 0.4) is 0 Å². The third-order valence-electron chi connectivity index (χ3n) is 3.26. The van der Waals surface area contributed by atoms with Crippen LogP contribution in [0.4, 0.5) is 0 Å². The second kappa shape index (κ2) is 5.76. The van der Waals surface area contributed by atoms with Crippen LogP contribution >= 0.6 is 11.8 Å². The Morgan fingerprint density at radius 3 is 2.67 bits per heavy atom. The lowest BCUT2D eigenvalue weighted by Gasteiger charge is -2.27. The third kappa shape index (κ3) is 3.75. The van der Waals surface area contributed by atoms with Gasteiger partial charge in [0.2, 0.25) is 5.91 Å². The summed E-state index contributed by atoms with van der Waals surface area (Å²) in [6.45, 7) is 1.92. The van der Waals surface area contributed by atoms with Gasteiger partial charge in [0, 0.05) is 16.7 Å². The summed E-state index contributed by atoms with van der Waals surface area (Å²) >= 11 is 1.76. The predicted molar refractivity (Wildman–Crippen MR) is 75.5 cm³/mol. The molecule has 2 rings (SSSR count). The number of carbonyl (C=O) groups excluding carboxylic acids is 1. The Morgan fingerprint density at radius 1 is 1.44 bits per heavy atom. The maximum absolute atomic E-state index is 11.6. The minimum Gasteiger partial charge on any atom is -0.368 e. The highest BCUT2D eigenvalue weighted by Crippen LogP contribution is 2.26.